The fourth-order valence-electron chi connectivity index (χ4n) is 3.66. The van der Waals surface area contributed by atoms with E-state index in [-0.39, 0.29) is 0 Å². The molecule has 24 heavy (non-hydrogen) atoms. The van der Waals surface area contributed by atoms with Crippen LogP contribution in [0.1, 0.15) is 38.2 Å². The number of aryl methyl sites for hydroxylation is 1. The molecule has 0 unspecified atom stereocenters. The first-order chi connectivity index (χ1) is 11.7. The SMILES string of the molecule is CCN(CCCN1CCCCC1)c1cc(C)c2cc(N)ccc2n1. The third kappa shape index (κ3) is 3.99. The Bertz CT molecular complexity index is 677. The predicted octanol–water partition coefficient (Wildman–Crippen LogP) is 3.83. The molecule has 4 nitrogen and oxygen atoms in total. The van der Waals surface area contributed by atoms with E-state index in [9.17, 15) is 0 Å². The van der Waals surface area contributed by atoms with Gasteiger partial charge in [0.1, 0.15) is 5.82 Å². The van der Waals surface area contributed by atoms with E-state index in [0.29, 0.717) is 0 Å². The number of hydrogen-bond donors (Lipinski definition) is 1. The lowest BCUT2D eigenvalue weighted by atomic mass is 10.1. The predicted molar refractivity (Wildman–Crippen MR) is 104 cm³/mol. The van der Waals surface area contributed by atoms with Crippen molar-refractivity contribution in [2.45, 2.75) is 39.5 Å². The molecule has 2 N–H and O–H groups in total. The number of nitrogens with zero attached hydrogens (tertiary/aromatic N) is 3. The summed E-state index contributed by atoms with van der Waals surface area (Å²) >= 11 is 0. The van der Waals surface area contributed by atoms with Crippen LogP contribution in [-0.2, 0) is 0 Å². The molecule has 1 aromatic carbocycles. The molecule has 3 rings (SSSR count). The smallest absolute Gasteiger partial charge is 0.129 e. The monoisotopic (exact) mass is 326 g/mol. The van der Waals surface area contributed by atoms with Crippen molar-refractivity contribution in [3.63, 3.8) is 0 Å². The second kappa shape index (κ2) is 7.84. The van der Waals surface area contributed by atoms with Gasteiger partial charge in [-0.2, -0.15) is 0 Å². The number of nitrogen functional groups attached to an aromatic ring is 1. The molecule has 1 aliphatic heterocycles. The van der Waals surface area contributed by atoms with E-state index in [4.69, 9.17) is 10.7 Å². The topological polar surface area (TPSA) is 45.4 Å². The molecule has 0 spiro atoms. The van der Waals surface area contributed by atoms with Gasteiger partial charge in [0.25, 0.3) is 0 Å². The summed E-state index contributed by atoms with van der Waals surface area (Å²) in [5, 5.41) is 1.16. The molecule has 0 amide bonds. The summed E-state index contributed by atoms with van der Waals surface area (Å²) in [6, 6.07) is 8.19. The number of rotatable bonds is 6. The Kier molecular flexibility index (Phi) is 5.56. The van der Waals surface area contributed by atoms with Crippen LogP contribution in [0.2, 0.25) is 0 Å². The Balaban J connectivity index is 1.68. The van der Waals surface area contributed by atoms with Gasteiger partial charge >= 0.3 is 0 Å². The number of benzene rings is 1. The number of aromatic nitrogens is 1. The molecular weight excluding hydrogens is 296 g/mol. The van der Waals surface area contributed by atoms with Crippen molar-refractivity contribution in [2.75, 3.05) is 43.4 Å². The van der Waals surface area contributed by atoms with Crippen molar-refractivity contribution < 1.29 is 0 Å². The molecule has 2 aromatic rings. The van der Waals surface area contributed by atoms with Gasteiger partial charge in [0.2, 0.25) is 0 Å². The number of fused-ring (bicyclic) bond motifs is 1. The highest BCUT2D eigenvalue weighted by atomic mass is 15.2. The summed E-state index contributed by atoms with van der Waals surface area (Å²) in [6.07, 6.45) is 5.34. The number of likely N-dealkylation sites (tertiary alicyclic amines) is 1. The lowest BCUT2D eigenvalue weighted by Gasteiger charge is -2.28. The van der Waals surface area contributed by atoms with E-state index in [0.717, 1.165) is 35.5 Å². The van der Waals surface area contributed by atoms with Crippen molar-refractivity contribution in [1.29, 1.82) is 0 Å². The molecule has 0 aliphatic carbocycles. The van der Waals surface area contributed by atoms with Gasteiger partial charge in [0, 0.05) is 24.2 Å². The minimum absolute atomic E-state index is 0.800. The van der Waals surface area contributed by atoms with Gasteiger partial charge in [-0.25, -0.2) is 4.98 Å². The lowest BCUT2D eigenvalue weighted by molar-refractivity contribution is 0.227. The van der Waals surface area contributed by atoms with E-state index in [1.807, 2.05) is 18.2 Å². The Morgan fingerprint density at radius 2 is 1.96 bits per heavy atom. The standard InChI is InChI=1S/C20H30N4/c1-3-24(13-7-12-23-10-5-4-6-11-23)20-14-16(2)18-15-17(21)8-9-19(18)22-20/h8-9,14-15H,3-7,10-13,21H2,1-2H3. The maximum absolute atomic E-state index is 5.91. The third-order valence-electron chi connectivity index (χ3n) is 5.08. The summed E-state index contributed by atoms with van der Waals surface area (Å²) in [7, 11) is 0. The average Bonchev–Trinajstić information content (AvgIpc) is 2.60. The fourth-order valence-corrected chi connectivity index (χ4v) is 3.66. The van der Waals surface area contributed by atoms with Crippen LogP contribution in [0.4, 0.5) is 11.5 Å². The summed E-state index contributed by atoms with van der Waals surface area (Å²) in [5.41, 5.74) is 8.99. The van der Waals surface area contributed by atoms with Gasteiger partial charge in [0.05, 0.1) is 5.52 Å². The average molecular weight is 326 g/mol. The van der Waals surface area contributed by atoms with E-state index >= 15 is 0 Å². The molecule has 1 saturated heterocycles. The quantitative estimate of drug-likeness (QED) is 0.820. The van der Waals surface area contributed by atoms with Crippen LogP contribution in [-0.4, -0.2) is 42.6 Å². The minimum Gasteiger partial charge on any atom is -0.399 e. The van der Waals surface area contributed by atoms with Crippen LogP contribution >= 0.6 is 0 Å². The first-order valence-corrected chi connectivity index (χ1v) is 9.31. The molecular formula is C20H30N4. The second-order valence-electron chi connectivity index (χ2n) is 6.91. The van der Waals surface area contributed by atoms with Crippen LogP contribution in [0.5, 0.6) is 0 Å². The molecule has 1 fully saturated rings. The summed E-state index contributed by atoms with van der Waals surface area (Å²) in [5.74, 6) is 1.09. The Labute approximate surface area is 145 Å². The molecule has 1 aromatic heterocycles. The molecule has 0 radical (unpaired) electrons. The molecule has 0 atom stereocenters. The highest BCUT2D eigenvalue weighted by Gasteiger charge is 2.12. The van der Waals surface area contributed by atoms with E-state index < -0.39 is 0 Å². The van der Waals surface area contributed by atoms with Crippen LogP contribution in [0.25, 0.3) is 10.9 Å². The molecule has 2 heterocycles. The second-order valence-corrected chi connectivity index (χ2v) is 6.91. The third-order valence-corrected chi connectivity index (χ3v) is 5.08. The van der Waals surface area contributed by atoms with Gasteiger partial charge in [0.15, 0.2) is 0 Å². The molecule has 0 bridgehead atoms. The van der Waals surface area contributed by atoms with Crippen LogP contribution in [0, 0.1) is 6.92 Å². The maximum atomic E-state index is 5.91. The number of pyridine rings is 1. The van der Waals surface area contributed by atoms with Crippen molar-refractivity contribution >= 4 is 22.4 Å². The first-order valence-electron chi connectivity index (χ1n) is 9.31. The molecule has 1 aliphatic rings. The molecule has 4 heteroatoms. The van der Waals surface area contributed by atoms with Crippen LogP contribution in [0.15, 0.2) is 24.3 Å². The van der Waals surface area contributed by atoms with E-state index in [2.05, 4.69) is 29.7 Å². The van der Waals surface area contributed by atoms with Gasteiger partial charge in [-0.3, -0.25) is 0 Å². The summed E-state index contributed by atoms with van der Waals surface area (Å²) in [6.45, 7) is 10.2. The van der Waals surface area contributed by atoms with Crippen molar-refractivity contribution in [2.24, 2.45) is 0 Å². The van der Waals surface area contributed by atoms with Crippen molar-refractivity contribution in [1.82, 2.24) is 9.88 Å². The normalized spacial score (nSPS) is 15.8. The van der Waals surface area contributed by atoms with Crippen molar-refractivity contribution in [3.05, 3.63) is 29.8 Å². The largest absolute Gasteiger partial charge is 0.399 e. The van der Waals surface area contributed by atoms with Gasteiger partial charge in [-0.05, 0) is 82.6 Å². The Morgan fingerprint density at radius 3 is 2.71 bits per heavy atom. The lowest BCUT2D eigenvalue weighted by Crippen LogP contribution is -2.33. The number of piperidine rings is 1. The van der Waals surface area contributed by atoms with Crippen molar-refractivity contribution in [3.8, 4) is 0 Å². The number of hydrogen-bond acceptors (Lipinski definition) is 4. The zero-order valence-electron chi connectivity index (χ0n) is 15.1. The maximum Gasteiger partial charge on any atom is 0.129 e. The highest BCUT2D eigenvalue weighted by Crippen LogP contribution is 2.24. The van der Waals surface area contributed by atoms with Gasteiger partial charge < -0.3 is 15.5 Å². The fraction of sp³-hybridized carbons (Fsp3) is 0.550. The molecule has 0 saturated carbocycles. The Morgan fingerprint density at radius 1 is 1.17 bits per heavy atom. The summed E-state index contributed by atoms with van der Waals surface area (Å²) < 4.78 is 0. The van der Waals surface area contributed by atoms with Gasteiger partial charge in [-0.1, -0.05) is 6.42 Å². The van der Waals surface area contributed by atoms with Crippen LogP contribution < -0.4 is 10.6 Å². The van der Waals surface area contributed by atoms with Crippen LogP contribution in [0.3, 0.4) is 0 Å². The zero-order chi connectivity index (χ0) is 16.9. The first kappa shape index (κ1) is 17.0. The van der Waals surface area contributed by atoms with E-state index in [1.165, 1.54) is 50.9 Å². The zero-order valence-corrected chi connectivity index (χ0v) is 15.1. The Hall–Kier alpha value is -1.81. The minimum atomic E-state index is 0.800. The summed E-state index contributed by atoms with van der Waals surface area (Å²) in [4.78, 5) is 9.88. The number of nitrogens with two attached hydrogens (primary N) is 1. The van der Waals surface area contributed by atoms with E-state index in [1.54, 1.807) is 0 Å². The van der Waals surface area contributed by atoms with Gasteiger partial charge in [-0.15, -0.1) is 0 Å². The molecule has 130 valence electrons. The number of anilines is 2. The highest BCUT2D eigenvalue weighted by molar-refractivity contribution is 5.86.